The van der Waals surface area contributed by atoms with E-state index >= 15 is 0 Å². The molecule has 1 fully saturated rings. The van der Waals surface area contributed by atoms with Crippen molar-refractivity contribution in [2.45, 2.75) is 49.8 Å². The minimum atomic E-state index is -3.45. The lowest BCUT2D eigenvalue weighted by atomic mass is 10.0. The third-order valence-corrected chi connectivity index (χ3v) is 6.48. The molecule has 0 saturated heterocycles. The van der Waals surface area contributed by atoms with Gasteiger partial charge in [-0.15, -0.1) is 0 Å². The van der Waals surface area contributed by atoms with Crippen LogP contribution in [0.1, 0.15) is 50.1 Å². The Morgan fingerprint density at radius 3 is 2.38 bits per heavy atom. The summed E-state index contributed by atoms with van der Waals surface area (Å²) in [6.45, 7) is 0. The van der Waals surface area contributed by atoms with Crippen LogP contribution in [0.15, 0.2) is 30.3 Å². The summed E-state index contributed by atoms with van der Waals surface area (Å²) in [7, 11) is -3.45. The number of sulfone groups is 1. The first kappa shape index (κ1) is 18.4. The van der Waals surface area contributed by atoms with Crippen LogP contribution in [0.25, 0.3) is 0 Å². The van der Waals surface area contributed by atoms with E-state index in [4.69, 9.17) is 5.11 Å². The molecule has 1 atom stereocenters. The Bertz CT molecular complexity index is 665. The largest absolute Gasteiger partial charge is 0.481 e. The van der Waals surface area contributed by atoms with E-state index in [1.807, 2.05) is 6.07 Å². The molecule has 1 aliphatic carbocycles. The third-order valence-electron chi connectivity index (χ3n) is 4.33. The summed E-state index contributed by atoms with van der Waals surface area (Å²) in [5, 5.41) is 11.1. The molecular weight excluding hydrogens is 330 g/mol. The van der Waals surface area contributed by atoms with Gasteiger partial charge in [-0.2, -0.15) is 0 Å². The van der Waals surface area contributed by atoms with Gasteiger partial charge in [-0.05, 0) is 24.8 Å². The Morgan fingerprint density at radius 2 is 1.79 bits per heavy atom. The van der Waals surface area contributed by atoms with Crippen molar-refractivity contribution >= 4 is 21.7 Å². The highest BCUT2D eigenvalue weighted by Crippen LogP contribution is 2.25. The van der Waals surface area contributed by atoms with E-state index in [2.05, 4.69) is 5.32 Å². The number of carboxylic acids is 1. The minimum Gasteiger partial charge on any atom is -0.481 e. The van der Waals surface area contributed by atoms with Crippen LogP contribution in [0.3, 0.4) is 0 Å². The summed E-state index contributed by atoms with van der Waals surface area (Å²) in [5.74, 6) is -2.06. The first-order chi connectivity index (χ1) is 11.4. The van der Waals surface area contributed by atoms with Crippen molar-refractivity contribution in [2.75, 3.05) is 5.75 Å². The molecule has 2 N–H and O–H groups in total. The number of nitrogens with one attached hydrogen (secondary N) is 1. The van der Waals surface area contributed by atoms with Gasteiger partial charge < -0.3 is 10.4 Å². The van der Waals surface area contributed by atoms with E-state index in [9.17, 15) is 18.0 Å². The normalized spacial score (nSPS) is 16.7. The molecule has 0 aliphatic heterocycles. The van der Waals surface area contributed by atoms with Crippen LogP contribution in [-0.2, 0) is 19.4 Å². The predicted molar refractivity (Wildman–Crippen MR) is 90.2 cm³/mol. The van der Waals surface area contributed by atoms with Gasteiger partial charge in [-0.1, -0.05) is 43.2 Å². The molecule has 24 heavy (non-hydrogen) atoms. The van der Waals surface area contributed by atoms with E-state index in [1.165, 1.54) is 0 Å². The van der Waals surface area contributed by atoms with Gasteiger partial charge in [0.05, 0.1) is 11.3 Å². The summed E-state index contributed by atoms with van der Waals surface area (Å²) >= 11 is 0. The van der Waals surface area contributed by atoms with E-state index in [0.29, 0.717) is 12.8 Å². The highest BCUT2D eigenvalue weighted by molar-refractivity contribution is 7.92. The first-order valence-electron chi connectivity index (χ1n) is 8.16. The predicted octanol–water partition coefficient (Wildman–Crippen LogP) is 2.07. The van der Waals surface area contributed by atoms with Crippen LogP contribution in [0.2, 0.25) is 0 Å². The Kier molecular flexibility index (Phi) is 6.36. The third kappa shape index (κ3) is 5.33. The van der Waals surface area contributed by atoms with Crippen molar-refractivity contribution in [3.05, 3.63) is 35.9 Å². The lowest BCUT2D eigenvalue weighted by molar-refractivity contribution is -0.137. The van der Waals surface area contributed by atoms with Gasteiger partial charge in [-0.25, -0.2) is 8.42 Å². The van der Waals surface area contributed by atoms with Gasteiger partial charge in [0, 0.05) is 6.42 Å². The average Bonchev–Trinajstić information content (AvgIpc) is 3.07. The molecule has 1 aromatic carbocycles. The molecule has 0 bridgehead atoms. The fourth-order valence-electron chi connectivity index (χ4n) is 3.06. The maximum atomic E-state index is 12.3. The molecule has 1 amide bonds. The second kappa shape index (κ2) is 8.28. The van der Waals surface area contributed by atoms with Gasteiger partial charge in [0.2, 0.25) is 5.91 Å². The van der Waals surface area contributed by atoms with Gasteiger partial charge in [0.1, 0.15) is 5.75 Å². The van der Waals surface area contributed by atoms with Gasteiger partial charge in [0.15, 0.2) is 9.84 Å². The van der Waals surface area contributed by atoms with E-state index in [1.54, 1.807) is 24.3 Å². The molecule has 0 spiro atoms. The van der Waals surface area contributed by atoms with Crippen molar-refractivity contribution in [1.29, 1.82) is 0 Å². The summed E-state index contributed by atoms with van der Waals surface area (Å²) in [6, 6.07) is 8.49. The van der Waals surface area contributed by atoms with Crippen molar-refractivity contribution in [2.24, 2.45) is 0 Å². The van der Waals surface area contributed by atoms with Crippen molar-refractivity contribution in [1.82, 2.24) is 5.32 Å². The lowest BCUT2D eigenvalue weighted by Crippen LogP contribution is -2.36. The van der Waals surface area contributed by atoms with Gasteiger partial charge in [0.25, 0.3) is 0 Å². The number of carboxylic acid groups (broad SMARTS) is 1. The highest BCUT2D eigenvalue weighted by Gasteiger charge is 2.31. The molecule has 1 saturated carbocycles. The van der Waals surface area contributed by atoms with Gasteiger partial charge >= 0.3 is 5.97 Å². The lowest BCUT2D eigenvalue weighted by Gasteiger charge is -2.19. The average molecular weight is 353 g/mol. The van der Waals surface area contributed by atoms with Gasteiger partial charge in [-0.3, -0.25) is 9.59 Å². The van der Waals surface area contributed by atoms with E-state index < -0.39 is 38.8 Å². The number of benzene rings is 1. The van der Waals surface area contributed by atoms with Crippen LogP contribution >= 0.6 is 0 Å². The second-order valence-electron chi connectivity index (χ2n) is 6.18. The van der Waals surface area contributed by atoms with Crippen LogP contribution in [0.5, 0.6) is 0 Å². The molecule has 2 rings (SSSR count). The molecule has 7 heteroatoms. The number of hydrogen-bond acceptors (Lipinski definition) is 4. The molecule has 6 nitrogen and oxygen atoms in total. The molecule has 132 valence electrons. The zero-order valence-electron chi connectivity index (χ0n) is 13.5. The zero-order valence-corrected chi connectivity index (χ0v) is 14.3. The maximum absolute atomic E-state index is 12.3. The summed E-state index contributed by atoms with van der Waals surface area (Å²) in [5.41, 5.74) is 0.769. The topological polar surface area (TPSA) is 101 Å². The second-order valence-corrected chi connectivity index (χ2v) is 8.46. The molecule has 0 aromatic heterocycles. The van der Waals surface area contributed by atoms with Crippen LogP contribution in [0, 0.1) is 0 Å². The Labute approximate surface area is 142 Å². The first-order valence-corrected chi connectivity index (χ1v) is 9.87. The van der Waals surface area contributed by atoms with E-state index in [0.717, 1.165) is 18.4 Å². The van der Waals surface area contributed by atoms with Crippen molar-refractivity contribution in [3.63, 3.8) is 0 Å². The summed E-state index contributed by atoms with van der Waals surface area (Å²) in [4.78, 5) is 23.0. The number of hydrogen-bond donors (Lipinski definition) is 2. The molecular formula is C17H23NO5S. The maximum Gasteiger partial charge on any atom is 0.303 e. The molecule has 0 radical (unpaired) electrons. The number of amides is 1. The number of aliphatic carboxylic acids is 1. The van der Waals surface area contributed by atoms with Crippen molar-refractivity contribution in [3.8, 4) is 0 Å². The quantitative estimate of drug-likeness (QED) is 0.745. The monoisotopic (exact) mass is 353 g/mol. The number of rotatable bonds is 8. The van der Waals surface area contributed by atoms with Crippen LogP contribution in [-0.4, -0.2) is 36.4 Å². The standard InChI is InChI=1S/C17H23NO5S/c19-16(12-24(22,23)14-8-4-5-9-14)18-15(10-11-17(20)21)13-6-2-1-3-7-13/h1-3,6-7,14-15H,4-5,8-12H2,(H,18,19)(H,20,21). The minimum absolute atomic E-state index is 0.102. The van der Waals surface area contributed by atoms with Crippen molar-refractivity contribution < 1.29 is 23.1 Å². The summed E-state index contributed by atoms with van der Waals surface area (Å²) < 4.78 is 24.5. The zero-order chi connectivity index (χ0) is 17.6. The SMILES string of the molecule is O=C(O)CCC(NC(=O)CS(=O)(=O)C1CCCC1)c1ccccc1. The molecule has 1 aliphatic rings. The molecule has 1 unspecified atom stereocenters. The Hall–Kier alpha value is -1.89. The van der Waals surface area contributed by atoms with Crippen LogP contribution in [0.4, 0.5) is 0 Å². The number of carbonyl (C=O) groups is 2. The number of carbonyl (C=O) groups excluding carboxylic acids is 1. The smallest absolute Gasteiger partial charge is 0.303 e. The molecule has 0 heterocycles. The highest BCUT2D eigenvalue weighted by atomic mass is 32.2. The van der Waals surface area contributed by atoms with E-state index in [-0.39, 0.29) is 12.8 Å². The Balaban J connectivity index is 2.02. The van der Waals surface area contributed by atoms with Crippen LogP contribution < -0.4 is 5.32 Å². The Morgan fingerprint density at radius 1 is 1.17 bits per heavy atom. The summed E-state index contributed by atoms with van der Waals surface area (Å²) in [6.07, 6.45) is 3.13. The fraction of sp³-hybridized carbons (Fsp3) is 0.529. The molecule has 1 aromatic rings. The fourth-order valence-corrected chi connectivity index (χ4v) is 4.80.